The Morgan fingerprint density at radius 1 is 0.935 bits per heavy atom. The van der Waals surface area contributed by atoms with Crippen LogP contribution < -0.4 is 10.1 Å². The van der Waals surface area contributed by atoms with E-state index in [1.54, 1.807) is 43.3 Å². The third-order valence-corrected chi connectivity index (χ3v) is 5.24. The van der Waals surface area contributed by atoms with E-state index >= 15 is 0 Å². The molecule has 3 rings (SSSR count). The third kappa shape index (κ3) is 6.69. The monoisotopic (exact) mass is 480 g/mol. The smallest absolute Gasteiger partial charge is 0.259 e. The van der Waals surface area contributed by atoms with Gasteiger partial charge in [-0.05, 0) is 41.5 Å². The van der Waals surface area contributed by atoms with Crippen LogP contribution in [0.15, 0.2) is 77.3 Å². The van der Waals surface area contributed by atoms with Crippen LogP contribution in [0.3, 0.4) is 0 Å². The maximum Gasteiger partial charge on any atom is 0.259 e. The van der Waals surface area contributed by atoms with Gasteiger partial charge in [-0.25, -0.2) is 0 Å². The molecule has 0 bridgehead atoms. The van der Waals surface area contributed by atoms with E-state index in [1.165, 1.54) is 5.56 Å². The zero-order chi connectivity index (χ0) is 22.2. The summed E-state index contributed by atoms with van der Waals surface area (Å²) >= 11 is 3.43. The minimum Gasteiger partial charge on any atom is -0.492 e. The van der Waals surface area contributed by atoms with E-state index in [4.69, 9.17) is 4.74 Å². The SMILES string of the molecule is CN(C)C(=O)Cc1ccc(NC(=O)c2cc(Br)ccc2OCCc2ccccc2)cc1. The van der Waals surface area contributed by atoms with Crippen molar-refractivity contribution < 1.29 is 14.3 Å². The standard InChI is InChI=1S/C25H25BrN2O3/c1-28(2)24(29)16-19-8-11-21(12-9-19)27-25(30)22-17-20(26)10-13-23(22)31-15-14-18-6-4-3-5-7-18/h3-13,17H,14-16H2,1-2H3,(H,27,30). The molecule has 0 aromatic heterocycles. The van der Waals surface area contributed by atoms with Gasteiger partial charge in [0.2, 0.25) is 5.91 Å². The van der Waals surface area contributed by atoms with Crippen LogP contribution in [0.25, 0.3) is 0 Å². The average molecular weight is 481 g/mol. The Hall–Kier alpha value is -3.12. The molecule has 0 heterocycles. The van der Waals surface area contributed by atoms with E-state index in [0.29, 0.717) is 30.0 Å². The summed E-state index contributed by atoms with van der Waals surface area (Å²) in [7, 11) is 3.46. The van der Waals surface area contributed by atoms with Gasteiger partial charge in [0.15, 0.2) is 0 Å². The molecular weight excluding hydrogens is 456 g/mol. The maximum atomic E-state index is 12.9. The largest absolute Gasteiger partial charge is 0.492 e. The number of hydrogen-bond acceptors (Lipinski definition) is 3. The van der Waals surface area contributed by atoms with E-state index < -0.39 is 0 Å². The summed E-state index contributed by atoms with van der Waals surface area (Å²) in [5, 5.41) is 2.90. The van der Waals surface area contributed by atoms with Crippen molar-refractivity contribution in [1.29, 1.82) is 0 Å². The Morgan fingerprint density at radius 2 is 1.65 bits per heavy atom. The minimum atomic E-state index is -0.256. The zero-order valence-electron chi connectivity index (χ0n) is 17.6. The van der Waals surface area contributed by atoms with Crippen molar-refractivity contribution in [2.45, 2.75) is 12.8 Å². The van der Waals surface area contributed by atoms with E-state index in [9.17, 15) is 9.59 Å². The van der Waals surface area contributed by atoms with Gasteiger partial charge in [0, 0.05) is 30.7 Å². The van der Waals surface area contributed by atoms with Crippen LogP contribution in [0.5, 0.6) is 5.75 Å². The lowest BCUT2D eigenvalue weighted by Crippen LogP contribution is -2.23. The Bertz CT molecular complexity index is 1030. The van der Waals surface area contributed by atoms with Crippen molar-refractivity contribution in [3.05, 3.63) is 94.0 Å². The summed E-state index contributed by atoms with van der Waals surface area (Å²) in [6.45, 7) is 0.473. The molecule has 0 aliphatic rings. The molecule has 0 radical (unpaired) electrons. The average Bonchev–Trinajstić information content (AvgIpc) is 2.76. The number of carbonyl (C=O) groups is 2. The van der Waals surface area contributed by atoms with Crippen molar-refractivity contribution >= 4 is 33.4 Å². The van der Waals surface area contributed by atoms with Gasteiger partial charge in [0.1, 0.15) is 5.75 Å². The third-order valence-electron chi connectivity index (χ3n) is 4.74. The summed E-state index contributed by atoms with van der Waals surface area (Å²) in [5.41, 5.74) is 3.18. The fourth-order valence-electron chi connectivity index (χ4n) is 2.97. The van der Waals surface area contributed by atoms with E-state index in [-0.39, 0.29) is 11.8 Å². The first-order valence-electron chi connectivity index (χ1n) is 9.99. The second-order valence-corrected chi connectivity index (χ2v) is 8.26. The van der Waals surface area contributed by atoms with Crippen LogP contribution in [0.1, 0.15) is 21.5 Å². The lowest BCUT2D eigenvalue weighted by Gasteiger charge is -2.13. The van der Waals surface area contributed by atoms with Gasteiger partial charge in [0.25, 0.3) is 5.91 Å². The Balaban J connectivity index is 1.65. The number of ether oxygens (including phenoxy) is 1. The normalized spacial score (nSPS) is 10.4. The van der Waals surface area contributed by atoms with Crippen LogP contribution in [-0.2, 0) is 17.6 Å². The molecule has 0 aliphatic heterocycles. The molecule has 0 aliphatic carbocycles. The van der Waals surface area contributed by atoms with Gasteiger partial charge in [0.05, 0.1) is 18.6 Å². The molecule has 0 fully saturated rings. The van der Waals surface area contributed by atoms with Crippen LogP contribution in [0.4, 0.5) is 5.69 Å². The number of likely N-dealkylation sites (N-methyl/N-ethyl adjacent to an activating group) is 1. The number of benzene rings is 3. The molecule has 3 aromatic carbocycles. The summed E-state index contributed by atoms with van der Waals surface area (Å²) in [5.74, 6) is 0.307. The maximum absolute atomic E-state index is 12.9. The number of nitrogens with one attached hydrogen (secondary N) is 1. The lowest BCUT2D eigenvalue weighted by molar-refractivity contribution is -0.127. The highest BCUT2D eigenvalue weighted by atomic mass is 79.9. The van der Waals surface area contributed by atoms with Crippen molar-refractivity contribution in [3.8, 4) is 5.75 Å². The highest BCUT2D eigenvalue weighted by Gasteiger charge is 2.14. The number of amides is 2. The molecular formula is C25H25BrN2O3. The van der Waals surface area contributed by atoms with Gasteiger partial charge in [-0.3, -0.25) is 9.59 Å². The van der Waals surface area contributed by atoms with Gasteiger partial charge < -0.3 is 15.0 Å². The fourth-order valence-corrected chi connectivity index (χ4v) is 3.33. The second kappa shape index (κ2) is 10.8. The summed E-state index contributed by atoms with van der Waals surface area (Å²) in [6, 6.07) is 22.7. The van der Waals surface area contributed by atoms with E-state index in [2.05, 4.69) is 21.2 Å². The molecule has 5 nitrogen and oxygen atoms in total. The first kappa shape index (κ1) is 22.6. The number of carbonyl (C=O) groups excluding carboxylic acids is 2. The first-order chi connectivity index (χ1) is 14.9. The summed E-state index contributed by atoms with van der Waals surface area (Å²) in [4.78, 5) is 26.3. The van der Waals surface area contributed by atoms with Crippen LogP contribution in [0.2, 0.25) is 0 Å². The molecule has 0 spiro atoms. The molecule has 3 aromatic rings. The van der Waals surface area contributed by atoms with Crippen LogP contribution in [-0.4, -0.2) is 37.4 Å². The van der Waals surface area contributed by atoms with Gasteiger partial charge in [-0.2, -0.15) is 0 Å². The number of rotatable bonds is 8. The van der Waals surface area contributed by atoms with Crippen molar-refractivity contribution in [1.82, 2.24) is 4.90 Å². The molecule has 0 atom stereocenters. The van der Waals surface area contributed by atoms with Crippen molar-refractivity contribution in [3.63, 3.8) is 0 Å². The van der Waals surface area contributed by atoms with E-state index in [1.807, 2.05) is 48.5 Å². The van der Waals surface area contributed by atoms with Gasteiger partial charge in [-0.1, -0.05) is 58.4 Å². The molecule has 1 N–H and O–H groups in total. The van der Waals surface area contributed by atoms with Crippen molar-refractivity contribution in [2.75, 3.05) is 26.0 Å². The molecule has 2 amide bonds. The topological polar surface area (TPSA) is 58.6 Å². The molecule has 160 valence electrons. The number of anilines is 1. The van der Waals surface area contributed by atoms with Gasteiger partial charge in [-0.15, -0.1) is 0 Å². The number of hydrogen-bond donors (Lipinski definition) is 1. The first-order valence-corrected chi connectivity index (χ1v) is 10.8. The second-order valence-electron chi connectivity index (χ2n) is 7.34. The quantitative estimate of drug-likeness (QED) is 0.495. The van der Waals surface area contributed by atoms with E-state index in [0.717, 1.165) is 16.5 Å². The molecule has 0 saturated heterocycles. The summed E-state index contributed by atoms with van der Waals surface area (Å²) in [6.07, 6.45) is 1.08. The predicted octanol–water partition coefficient (Wildman–Crippen LogP) is 4.95. The Morgan fingerprint density at radius 3 is 2.32 bits per heavy atom. The van der Waals surface area contributed by atoms with Crippen LogP contribution in [0, 0.1) is 0 Å². The van der Waals surface area contributed by atoms with Gasteiger partial charge >= 0.3 is 0 Å². The fraction of sp³-hybridized carbons (Fsp3) is 0.200. The lowest BCUT2D eigenvalue weighted by atomic mass is 10.1. The molecule has 31 heavy (non-hydrogen) atoms. The minimum absolute atomic E-state index is 0.0308. The molecule has 0 unspecified atom stereocenters. The predicted molar refractivity (Wildman–Crippen MR) is 127 cm³/mol. The molecule has 0 saturated carbocycles. The Labute approximate surface area is 191 Å². The Kier molecular flexibility index (Phi) is 7.84. The summed E-state index contributed by atoms with van der Waals surface area (Å²) < 4.78 is 6.71. The zero-order valence-corrected chi connectivity index (χ0v) is 19.2. The van der Waals surface area contributed by atoms with Crippen molar-refractivity contribution in [2.24, 2.45) is 0 Å². The number of nitrogens with zero attached hydrogens (tertiary/aromatic N) is 1. The van der Waals surface area contributed by atoms with Crippen LogP contribution >= 0.6 is 15.9 Å². The molecule has 6 heteroatoms. The highest BCUT2D eigenvalue weighted by molar-refractivity contribution is 9.10. The number of halogens is 1. The highest BCUT2D eigenvalue weighted by Crippen LogP contribution is 2.25.